The van der Waals surface area contributed by atoms with Crippen molar-refractivity contribution in [2.75, 3.05) is 13.1 Å². The number of aliphatic hydroxyl groups is 1. The highest BCUT2D eigenvalue weighted by molar-refractivity contribution is 6.05. The highest BCUT2D eigenvalue weighted by atomic mass is 19.1. The van der Waals surface area contributed by atoms with Crippen molar-refractivity contribution in [1.82, 2.24) is 4.90 Å². The van der Waals surface area contributed by atoms with Gasteiger partial charge in [0.25, 0.3) is 5.91 Å². The molecule has 0 bridgehead atoms. The maximum Gasteiger partial charge on any atom is 0.269 e. The van der Waals surface area contributed by atoms with Crippen LogP contribution in [0.15, 0.2) is 29.4 Å². The van der Waals surface area contributed by atoms with E-state index in [1.807, 2.05) is 0 Å². The molecule has 0 aliphatic carbocycles. The van der Waals surface area contributed by atoms with Gasteiger partial charge in [-0.2, -0.15) is 0 Å². The molecular formula is C16H19FN2O3. The minimum absolute atomic E-state index is 0.111. The monoisotopic (exact) mass is 306 g/mol. The number of benzene rings is 1. The number of carbonyl (C=O) groups excluding carboxylic acids is 1. The predicted molar refractivity (Wildman–Crippen MR) is 78.9 cm³/mol. The first-order valence-corrected chi connectivity index (χ1v) is 7.46. The molecule has 1 amide bonds. The Balaban J connectivity index is 1.68. The van der Waals surface area contributed by atoms with E-state index in [4.69, 9.17) is 4.84 Å². The molecule has 1 atom stereocenters. The molecule has 1 aromatic rings. The first-order valence-electron chi connectivity index (χ1n) is 7.46. The van der Waals surface area contributed by atoms with Crippen molar-refractivity contribution in [2.45, 2.75) is 37.9 Å². The average molecular weight is 306 g/mol. The molecule has 0 spiro atoms. The summed E-state index contributed by atoms with van der Waals surface area (Å²) in [6.07, 6.45) is 1.21. The summed E-state index contributed by atoms with van der Waals surface area (Å²) in [4.78, 5) is 19.8. The van der Waals surface area contributed by atoms with E-state index in [1.54, 1.807) is 24.0 Å². The van der Waals surface area contributed by atoms with Gasteiger partial charge in [0.15, 0.2) is 0 Å². The number of nitrogens with zero attached hydrogens (tertiary/aromatic N) is 2. The Kier molecular flexibility index (Phi) is 3.87. The highest BCUT2D eigenvalue weighted by Gasteiger charge is 2.45. The Labute approximate surface area is 128 Å². The third-order valence-corrected chi connectivity index (χ3v) is 4.24. The largest absolute Gasteiger partial charge is 0.393 e. The molecule has 22 heavy (non-hydrogen) atoms. The van der Waals surface area contributed by atoms with Gasteiger partial charge in [-0.3, -0.25) is 4.79 Å². The first-order chi connectivity index (χ1) is 10.5. The van der Waals surface area contributed by atoms with Gasteiger partial charge < -0.3 is 14.8 Å². The smallest absolute Gasteiger partial charge is 0.269 e. The molecule has 3 rings (SSSR count). The van der Waals surface area contributed by atoms with Crippen molar-refractivity contribution in [3.63, 3.8) is 0 Å². The number of hydrogen-bond acceptors (Lipinski definition) is 4. The molecule has 2 aliphatic rings. The van der Waals surface area contributed by atoms with Crippen molar-refractivity contribution in [3.05, 3.63) is 35.6 Å². The van der Waals surface area contributed by atoms with Crippen LogP contribution in [0, 0.1) is 5.82 Å². The summed E-state index contributed by atoms with van der Waals surface area (Å²) >= 11 is 0. The molecule has 1 N–H and O–H groups in total. The molecule has 5 nitrogen and oxygen atoms in total. The second-order valence-electron chi connectivity index (χ2n) is 6.07. The van der Waals surface area contributed by atoms with Gasteiger partial charge in [0, 0.05) is 19.5 Å². The second-order valence-corrected chi connectivity index (χ2v) is 6.07. The van der Waals surface area contributed by atoms with Crippen LogP contribution >= 0.6 is 0 Å². The van der Waals surface area contributed by atoms with Gasteiger partial charge in [0.05, 0.1) is 11.8 Å². The van der Waals surface area contributed by atoms with Gasteiger partial charge in [0.2, 0.25) is 5.60 Å². The molecule has 2 heterocycles. The quantitative estimate of drug-likeness (QED) is 0.904. The van der Waals surface area contributed by atoms with E-state index in [0.29, 0.717) is 38.1 Å². The molecular weight excluding hydrogens is 287 g/mol. The molecule has 118 valence electrons. The topological polar surface area (TPSA) is 62.1 Å². The lowest BCUT2D eigenvalue weighted by molar-refractivity contribution is -0.155. The average Bonchev–Trinajstić information content (AvgIpc) is 2.92. The number of piperidine rings is 1. The van der Waals surface area contributed by atoms with Crippen LogP contribution in [0.5, 0.6) is 0 Å². The molecule has 1 aromatic carbocycles. The summed E-state index contributed by atoms with van der Waals surface area (Å²) < 4.78 is 13.0. The van der Waals surface area contributed by atoms with E-state index in [9.17, 15) is 14.3 Å². The number of hydrogen-bond donors (Lipinski definition) is 1. The number of aliphatic hydroxyl groups excluding tert-OH is 1. The zero-order valence-electron chi connectivity index (χ0n) is 12.5. The molecule has 1 fully saturated rings. The molecule has 0 unspecified atom stereocenters. The maximum absolute atomic E-state index is 13.0. The SMILES string of the molecule is C[C@@]1(C(=O)N2CCC(O)CC2)CC(c2ccc(F)cc2)=NO1. The van der Waals surface area contributed by atoms with Gasteiger partial charge in [-0.15, -0.1) is 0 Å². The van der Waals surface area contributed by atoms with Gasteiger partial charge in [-0.1, -0.05) is 17.3 Å². The van der Waals surface area contributed by atoms with E-state index >= 15 is 0 Å². The van der Waals surface area contributed by atoms with E-state index in [1.165, 1.54) is 12.1 Å². The second kappa shape index (κ2) is 5.68. The first kappa shape index (κ1) is 15.0. The van der Waals surface area contributed by atoms with E-state index in [2.05, 4.69) is 5.16 Å². The fourth-order valence-corrected chi connectivity index (χ4v) is 2.86. The van der Waals surface area contributed by atoms with Crippen LogP contribution in [0.1, 0.15) is 31.7 Å². The van der Waals surface area contributed by atoms with Crippen LogP contribution in [0.3, 0.4) is 0 Å². The summed E-state index contributed by atoms with van der Waals surface area (Å²) in [6.45, 7) is 2.79. The van der Waals surface area contributed by atoms with Crippen molar-refractivity contribution in [3.8, 4) is 0 Å². The maximum atomic E-state index is 13.0. The minimum Gasteiger partial charge on any atom is -0.393 e. The molecule has 0 saturated carbocycles. The summed E-state index contributed by atoms with van der Waals surface area (Å²) in [7, 11) is 0. The number of amides is 1. The van der Waals surface area contributed by atoms with Crippen LogP contribution in [0.25, 0.3) is 0 Å². The number of carbonyl (C=O) groups is 1. The van der Waals surface area contributed by atoms with Crippen LogP contribution in [0.2, 0.25) is 0 Å². The molecule has 2 aliphatic heterocycles. The van der Waals surface area contributed by atoms with E-state index in [0.717, 1.165) is 5.56 Å². The number of rotatable bonds is 2. The van der Waals surface area contributed by atoms with Crippen molar-refractivity contribution >= 4 is 11.6 Å². The Morgan fingerprint density at radius 3 is 2.64 bits per heavy atom. The van der Waals surface area contributed by atoms with Crippen LogP contribution < -0.4 is 0 Å². The predicted octanol–water partition coefficient (Wildman–Crippen LogP) is 1.69. The Morgan fingerprint density at radius 1 is 1.36 bits per heavy atom. The Hall–Kier alpha value is -1.95. The van der Waals surface area contributed by atoms with Gasteiger partial charge in [-0.25, -0.2) is 4.39 Å². The standard InChI is InChI=1S/C16H19FN2O3/c1-16(15(21)19-8-6-13(20)7-9-19)10-14(18-22-16)11-2-4-12(17)5-3-11/h2-5,13,20H,6-10H2,1H3/t16-/m0/s1. The number of oxime groups is 1. The summed E-state index contributed by atoms with van der Waals surface area (Å²) in [5.41, 5.74) is 0.381. The van der Waals surface area contributed by atoms with Gasteiger partial charge >= 0.3 is 0 Å². The lowest BCUT2D eigenvalue weighted by Crippen LogP contribution is -2.50. The Bertz CT molecular complexity index is 594. The van der Waals surface area contributed by atoms with Gasteiger partial charge in [-0.05, 0) is 37.5 Å². The molecule has 0 aromatic heterocycles. The number of likely N-dealkylation sites (tertiary alicyclic amines) is 1. The third kappa shape index (κ3) is 2.83. The zero-order valence-corrected chi connectivity index (χ0v) is 12.5. The van der Waals surface area contributed by atoms with Crippen molar-refractivity contribution in [2.24, 2.45) is 5.16 Å². The lowest BCUT2D eigenvalue weighted by atomic mass is 9.93. The van der Waals surface area contributed by atoms with Crippen LogP contribution in [-0.2, 0) is 9.63 Å². The zero-order chi connectivity index (χ0) is 15.7. The van der Waals surface area contributed by atoms with Crippen LogP contribution in [-0.4, -0.2) is 46.4 Å². The van der Waals surface area contributed by atoms with E-state index in [-0.39, 0.29) is 17.8 Å². The fraction of sp³-hybridized carbons (Fsp3) is 0.500. The normalized spacial score (nSPS) is 25.8. The summed E-state index contributed by atoms with van der Waals surface area (Å²) in [5, 5.41) is 13.5. The lowest BCUT2D eigenvalue weighted by Gasteiger charge is -2.34. The van der Waals surface area contributed by atoms with Crippen molar-refractivity contribution < 1.29 is 19.1 Å². The van der Waals surface area contributed by atoms with Crippen molar-refractivity contribution in [1.29, 1.82) is 0 Å². The van der Waals surface area contributed by atoms with E-state index < -0.39 is 5.60 Å². The molecule has 6 heteroatoms. The fourth-order valence-electron chi connectivity index (χ4n) is 2.86. The third-order valence-electron chi connectivity index (χ3n) is 4.24. The number of halogens is 1. The van der Waals surface area contributed by atoms with Crippen LogP contribution in [0.4, 0.5) is 4.39 Å². The minimum atomic E-state index is -1.02. The van der Waals surface area contributed by atoms with Gasteiger partial charge in [0.1, 0.15) is 5.82 Å². The molecule has 1 saturated heterocycles. The molecule has 0 radical (unpaired) electrons. The Morgan fingerprint density at radius 2 is 2.00 bits per heavy atom. The summed E-state index contributed by atoms with van der Waals surface area (Å²) in [6, 6.07) is 5.98. The highest BCUT2D eigenvalue weighted by Crippen LogP contribution is 2.29. The summed E-state index contributed by atoms with van der Waals surface area (Å²) in [5.74, 6) is -0.422.